The third kappa shape index (κ3) is 3.36. The molecule has 1 heteroatoms. The highest BCUT2D eigenvalue weighted by atomic mass is 16.1. The first-order valence-corrected chi connectivity index (χ1v) is 13.1. The molecule has 1 atom stereocenters. The topological polar surface area (TPSA) is 17.1 Å². The molecule has 6 aromatic carbocycles. The fourth-order valence-corrected chi connectivity index (χ4v) is 6.27. The quantitative estimate of drug-likeness (QED) is 0.176. The van der Waals surface area contributed by atoms with Gasteiger partial charge in [0.2, 0.25) is 0 Å². The van der Waals surface area contributed by atoms with Gasteiger partial charge in [-0.1, -0.05) is 152 Å². The number of carbonyl (C=O) groups excluding carboxylic acids is 1. The van der Waals surface area contributed by atoms with Gasteiger partial charge in [-0.05, 0) is 49.4 Å². The van der Waals surface area contributed by atoms with E-state index < -0.39 is 5.41 Å². The summed E-state index contributed by atoms with van der Waals surface area (Å²) in [5, 5.41) is 4.63. The van der Waals surface area contributed by atoms with Crippen LogP contribution in [0.5, 0.6) is 0 Å². The van der Waals surface area contributed by atoms with Gasteiger partial charge in [-0.15, -0.1) is 0 Å². The molecule has 0 bridgehead atoms. The lowest BCUT2D eigenvalue weighted by atomic mass is 9.81. The van der Waals surface area contributed by atoms with Crippen LogP contribution in [0.15, 0.2) is 140 Å². The second-order valence-electron chi connectivity index (χ2n) is 10.00. The molecule has 1 aliphatic rings. The molecule has 1 saturated carbocycles. The van der Waals surface area contributed by atoms with Crippen LogP contribution in [0.3, 0.4) is 0 Å². The highest BCUT2D eigenvalue weighted by molar-refractivity contribution is 6.23. The zero-order valence-corrected chi connectivity index (χ0v) is 20.9. The number of rotatable bonds is 5. The molecule has 0 N–H and O–H groups in total. The zero-order valence-electron chi connectivity index (χ0n) is 20.9. The third-order valence-electron chi connectivity index (χ3n) is 8.00. The largest absolute Gasteiger partial charge is 0.298 e. The van der Waals surface area contributed by atoms with E-state index in [1.165, 1.54) is 16.3 Å². The number of fused-ring (bicyclic) bond motifs is 2. The van der Waals surface area contributed by atoms with E-state index in [2.05, 4.69) is 109 Å². The molecular formula is C37H26O. The van der Waals surface area contributed by atoms with Gasteiger partial charge in [-0.3, -0.25) is 4.79 Å². The maximum absolute atomic E-state index is 14.2. The Labute approximate surface area is 222 Å². The number of carbonyl (C=O) groups is 1. The lowest BCUT2D eigenvalue weighted by Gasteiger charge is -2.20. The van der Waals surface area contributed by atoms with Gasteiger partial charge in [0.05, 0.1) is 11.3 Å². The molecule has 0 amide bonds. The standard InChI is InChI=1S/C37H26O/c38-36-35(37(36,27-16-6-2-7-17-27)28-18-8-3-9-19-28)34-32-22-12-10-20-29(32)31(30-21-11-13-23-33(30)34)25-24-26-14-4-1-5-15-26/h1-25,35H/b25-24+. The summed E-state index contributed by atoms with van der Waals surface area (Å²) < 4.78 is 0. The molecule has 1 aliphatic carbocycles. The highest BCUT2D eigenvalue weighted by Gasteiger charge is 2.67. The van der Waals surface area contributed by atoms with E-state index in [9.17, 15) is 4.79 Å². The van der Waals surface area contributed by atoms with Crippen LogP contribution in [0.4, 0.5) is 0 Å². The second-order valence-corrected chi connectivity index (χ2v) is 10.00. The first kappa shape index (κ1) is 22.4. The average molecular weight is 487 g/mol. The van der Waals surface area contributed by atoms with Crippen LogP contribution >= 0.6 is 0 Å². The molecule has 0 heterocycles. The lowest BCUT2D eigenvalue weighted by Crippen LogP contribution is -2.14. The second kappa shape index (κ2) is 8.97. The molecule has 1 fully saturated rings. The van der Waals surface area contributed by atoms with Crippen LogP contribution in [0.2, 0.25) is 0 Å². The normalized spacial score (nSPS) is 16.3. The van der Waals surface area contributed by atoms with Gasteiger partial charge < -0.3 is 0 Å². The van der Waals surface area contributed by atoms with E-state index >= 15 is 0 Å². The van der Waals surface area contributed by atoms with Crippen LogP contribution in [0.25, 0.3) is 33.7 Å². The molecule has 6 aromatic rings. The van der Waals surface area contributed by atoms with Crippen molar-refractivity contribution < 1.29 is 4.79 Å². The van der Waals surface area contributed by atoms with E-state index in [1.807, 2.05) is 42.5 Å². The fraction of sp³-hybridized carbons (Fsp3) is 0.0541. The average Bonchev–Trinajstić information content (AvgIpc) is 3.61. The van der Waals surface area contributed by atoms with E-state index in [1.54, 1.807) is 0 Å². The van der Waals surface area contributed by atoms with E-state index in [-0.39, 0.29) is 11.7 Å². The summed E-state index contributed by atoms with van der Waals surface area (Å²) in [6.07, 6.45) is 4.40. The van der Waals surface area contributed by atoms with Gasteiger partial charge in [0.15, 0.2) is 5.78 Å². The van der Waals surface area contributed by atoms with E-state index in [4.69, 9.17) is 0 Å². The highest BCUT2D eigenvalue weighted by Crippen LogP contribution is 2.63. The lowest BCUT2D eigenvalue weighted by molar-refractivity contribution is -0.111. The van der Waals surface area contributed by atoms with Crippen molar-refractivity contribution in [3.63, 3.8) is 0 Å². The summed E-state index contributed by atoms with van der Waals surface area (Å²) in [5.74, 6) is 0.00652. The molecule has 38 heavy (non-hydrogen) atoms. The molecule has 0 radical (unpaired) electrons. The summed E-state index contributed by atoms with van der Waals surface area (Å²) in [4.78, 5) is 14.2. The Morgan fingerprint density at radius 2 is 0.895 bits per heavy atom. The Hall–Kier alpha value is -4.75. The van der Waals surface area contributed by atoms with E-state index in [0.29, 0.717) is 0 Å². The molecule has 180 valence electrons. The van der Waals surface area contributed by atoms with Crippen LogP contribution in [-0.4, -0.2) is 5.78 Å². The maximum atomic E-state index is 14.2. The molecule has 0 aromatic heterocycles. The molecule has 1 nitrogen and oxygen atoms in total. The number of benzene rings is 6. The Bertz CT molecular complexity index is 1720. The van der Waals surface area contributed by atoms with Crippen molar-refractivity contribution in [2.24, 2.45) is 0 Å². The minimum absolute atomic E-state index is 0.255. The molecule has 0 spiro atoms. The minimum Gasteiger partial charge on any atom is -0.298 e. The van der Waals surface area contributed by atoms with Crippen LogP contribution in [0.1, 0.15) is 33.7 Å². The van der Waals surface area contributed by atoms with Crippen molar-refractivity contribution in [1.82, 2.24) is 0 Å². The summed E-state index contributed by atoms with van der Waals surface area (Å²) in [6, 6.07) is 48.1. The van der Waals surface area contributed by atoms with Crippen molar-refractivity contribution in [1.29, 1.82) is 0 Å². The van der Waals surface area contributed by atoms with Crippen LogP contribution < -0.4 is 0 Å². The number of hydrogen-bond donors (Lipinski definition) is 0. The van der Waals surface area contributed by atoms with Gasteiger partial charge in [0.25, 0.3) is 0 Å². The van der Waals surface area contributed by atoms with Gasteiger partial charge >= 0.3 is 0 Å². The zero-order chi connectivity index (χ0) is 25.5. The number of Topliss-reactive ketones (excluding diaryl/α,β-unsaturated/α-hetero) is 1. The molecule has 1 unspecified atom stereocenters. The van der Waals surface area contributed by atoms with Gasteiger partial charge in [-0.2, -0.15) is 0 Å². The Balaban J connectivity index is 1.51. The van der Waals surface area contributed by atoms with Gasteiger partial charge in [-0.25, -0.2) is 0 Å². The molecule has 0 saturated heterocycles. The first-order valence-electron chi connectivity index (χ1n) is 13.1. The molecule has 7 rings (SSSR count). The number of ketones is 1. The third-order valence-corrected chi connectivity index (χ3v) is 8.00. The van der Waals surface area contributed by atoms with Crippen LogP contribution in [0, 0.1) is 0 Å². The van der Waals surface area contributed by atoms with Crippen molar-refractivity contribution in [3.05, 3.63) is 167 Å². The molecular weight excluding hydrogens is 460 g/mol. The predicted molar refractivity (Wildman–Crippen MR) is 158 cm³/mol. The van der Waals surface area contributed by atoms with Crippen molar-refractivity contribution >= 4 is 39.5 Å². The van der Waals surface area contributed by atoms with Crippen molar-refractivity contribution in [2.75, 3.05) is 0 Å². The number of hydrogen-bond acceptors (Lipinski definition) is 1. The summed E-state index contributed by atoms with van der Waals surface area (Å²) in [7, 11) is 0. The van der Waals surface area contributed by atoms with Crippen LogP contribution in [-0.2, 0) is 10.2 Å². The predicted octanol–water partition coefficient (Wildman–Crippen LogP) is 8.82. The van der Waals surface area contributed by atoms with Crippen molar-refractivity contribution in [3.8, 4) is 0 Å². The van der Waals surface area contributed by atoms with Crippen molar-refractivity contribution in [2.45, 2.75) is 11.3 Å². The summed E-state index contributed by atoms with van der Waals surface area (Å²) >= 11 is 0. The van der Waals surface area contributed by atoms with Gasteiger partial charge in [0, 0.05) is 0 Å². The Morgan fingerprint density at radius 1 is 0.474 bits per heavy atom. The maximum Gasteiger partial charge on any atom is 0.158 e. The molecule has 0 aliphatic heterocycles. The monoisotopic (exact) mass is 486 g/mol. The SMILES string of the molecule is O=C1C(c2c3ccccc3c(/C=C/c3ccccc3)c3ccccc23)C1(c1ccccc1)c1ccccc1. The smallest absolute Gasteiger partial charge is 0.158 e. The van der Waals surface area contributed by atoms with Gasteiger partial charge in [0.1, 0.15) is 0 Å². The first-order chi connectivity index (χ1) is 18.8. The van der Waals surface area contributed by atoms with E-state index in [0.717, 1.165) is 33.0 Å². The Kier molecular flexibility index (Phi) is 5.30. The fourth-order valence-electron chi connectivity index (χ4n) is 6.27. The summed E-state index contributed by atoms with van der Waals surface area (Å²) in [5.41, 5.74) is 4.90. The Morgan fingerprint density at radius 3 is 1.39 bits per heavy atom. The minimum atomic E-state index is -0.685. The summed E-state index contributed by atoms with van der Waals surface area (Å²) in [6.45, 7) is 0.